The van der Waals surface area contributed by atoms with Crippen LogP contribution in [-0.4, -0.2) is 87.5 Å². The molecule has 0 aliphatic carbocycles. The molecule has 3 heterocycles. The number of halogens is 30. The van der Waals surface area contributed by atoms with Crippen LogP contribution in [0.25, 0.3) is 65.7 Å². The minimum absolute atomic E-state index is 0.0422. The molecule has 0 N–H and O–H groups in total. The van der Waals surface area contributed by atoms with Crippen molar-refractivity contribution < 1.29 is 136 Å². The van der Waals surface area contributed by atoms with Crippen LogP contribution in [0.15, 0.2) is 102 Å². The van der Waals surface area contributed by atoms with Crippen molar-refractivity contribution in [2.75, 3.05) is 0 Å². The molecule has 3 aromatic heterocycles. The van der Waals surface area contributed by atoms with Crippen LogP contribution in [-0.2, 0) is 12.3 Å². The van der Waals surface area contributed by atoms with E-state index in [0.717, 1.165) is 18.2 Å². The van der Waals surface area contributed by atoms with Gasteiger partial charge in [-0.25, -0.2) is 0 Å². The fraction of sp³-hybridized carbons (Fsp3) is 0.333. The molecule has 7 rings (SSSR count). The molecule has 7 aromatic rings. The average molecular weight is 1170 g/mol. The zero-order valence-electron chi connectivity index (χ0n) is 36.6. The predicted molar refractivity (Wildman–Crippen MR) is 209 cm³/mol. The molecule has 3 nitrogen and oxygen atoms in total. The number of benzene rings is 4. The Bertz CT molecular complexity index is 3460. The maximum Gasteiger partial charge on any atom is 0.460 e. The van der Waals surface area contributed by atoms with E-state index in [1.54, 1.807) is 0 Å². The smallest absolute Gasteiger partial charge is 0.456 e. The minimum Gasteiger partial charge on any atom is -0.456 e. The first-order valence-corrected chi connectivity index (χ1v) is 20.4. The zero-order chi connectivity index (χ0) is 59.2. The van der Waals surface area contributed by atoms with Gasteiger partial charge in [0.25, 0.3) is 0 Å². The average Bonchev–Trinajstić information content (AvgIpc) is 3.69. The van der Waals surface area contributed by atoms with E-state index < -0.39 is 107 Å². The van der Waals surface area contributed by atoms with Gasteiger partial charge in [0.05, 0.1) is 6.42 Å². The van der Waals surface area contributed by atoms with Crippen molar-refractivity contribution in [2.24, 2.45) is 0 Å². The number of pyridine rings is 2. The minimum atomic E-state index is -9.07. The van der Waals surface area contributed by atoms with Gasteiger partial charge in [0.15, 0.2) is 0 Å². The van der Waals surface area contributed by atoms with Crippen molar-refractivity contribution >= 4 is 43.5 Å². The molecule has 0 saturated heterocycles. The number of hydrogen-bond acceptors (Lipinski definition) is 3. The van der Waals surface area contributed by atoms with Crippen LogP contribution >= 0.6 is 0 Å². The van der Waals surface area contributed by atoms with Gasteiger partial charge in [-0.05, 0) is 81.6 Å². The third-order valence-corrected chi connectivity index (χ3v) is 12.1. The van der Waals surface area contributed by atoms with Crippen LogP contribution in [0.5, 0.6) is 0 Å². The molecule has 0 bridgehead atoms. The second kappa shape index (κ2) is 17.4. The van der Waals surface area contributed by atoms with Crippen LogP contribution in [0, 0.1) is 0 Å². The second-order valence-corrected chi connectivity index (χ2v) is 17.1. The van der Waals surface area contributed by atoms with E-state index in [1.165, 1.54) is 54.6 Å². The number of nitrogens with zero attached hydrogens (tertiary/aromatic N) is 2. The molecule has 78 heavy (non-hydrogen) atoms. The summed E-state index contributed by atoms with van der Waals surface area (Å²) in [6.45, 7) is 0. The normalized spacial score (nSPS) is 15.1. The van der Waals surface area contributed by atoms with Gasteiger partial charge >= 0.3 is 83.4 Å². The van der Waals surface area contributed by atoms with E-state index in [2.05, 4.69) is 9.97 Å². The molecule has 0 amide bonds. The Morgan fingerprint density at radius 2 is 0.641 bits per heavy atom. The first-order chi connectivity index (χ1) is 35.0. The van der Waals surface area contributed by atoms with E-state index in [1.807, 2.05) is 0 Å². The Labute approximate surface area is 410 Å². The summed E-state index contributed by atoms with van der Waals surface area (Å²) in [7, 11) is 0. The van der Waals surface area contributed by atoms with Crippen molar-refractivity contribution in [3.05, 3.63) is 109 Å². The van der Waals surface area contributed by atoms with Crippen LogP contribution in [0.2, 0.25) is 0 Å². The molecule has 0 aliphatic heterocycles. The highest BCUT2D eigenvalue weighted by molar-refractivity contribution is 6.08. The lowest BCUT2D eigenvalue weighted by molar-refractivity contribution is -0.468. The standard InChI is InChI=1S/C45H18F30N2O/c46-32(47,34(50,51)36(54,55)38(58,59)39(60,61)40(62,63)41(64,65)43(68,69)45(73,74)75)15-26-11-20-3-1-18(9-24(20)16-76-26)21-5-7-29-27(12-21)28-13-22(6-8-30(28)78-29)19-2-4-23-14-31(77-17-25(23)10-19)33(48,49)35(52,53)37(56,57)42(66,67)44(70,71)72/h1-14,16-17H,15H2. The van der Waals surface area contributed by atoms with Crippen molar-refractivity contribution in [2.45, 2.75) is 89.8 Å². The third kappa shape index (κ3) is 8.25. The highest BCUT2D eigenvalue weighted by atomic mass is 19.4. The molecule has 0 fully saturated rings. The monoisotopic (exact) mass is 1170 g/mol. The van der Waals surface area contributed by atoms with Crippen LogP contribution < -0.4 is 0 Å². The van der Waals surface area contributed by atoms with Gasteiger partial charge in [-0.1, -0.05) is 36.4 Å². The summed E-state index contributed by atoms with van der Waals surface area (Å²) < 4.78 is 419. The lowest BCUT2D eigenvalue weighted by Crippen LogP contribution is -2.75. The number of rotatable bonds is 15. The van der Waals surface area contributed by atoms with Crippen LogP contribution in [0.4, 0.5) is 132 Å². The van der Waals surface area contributed by atoms with Gasteiger partial charge in [-0.15, -0.1) is 0 Å². The topological polar surface area (TPSA) is 38.9 Å². The Kier molecular flexibility index (Phi) is 13.2. The Morgan fingerprint density at radius 1 is 0.308 bits per heavy atom. The lowest BCUT2D eigenvalue weighted by atomic mass is 9.86. The van der Waals surface area contributed by atoms with Crippen LogP contribution in [0.1, 0.15) is 11.4 Å². The maximum absolute atomic E-state index is 14.9. The van der Waals surface area contributed by atoms with Gasteiger partial charge in [0.2, 0.25) is 0 Å². The Hall–Kier alpha value is -6.60. The fourth-order valence-electron chi connectivity index (χ4n) is 7.56. The van der Waals surface area contributed by atoms with Gasteiger partial charge in [-0.3, -0.25) is 9.97 Å². The predicted octanol–water partition coefficient (Wildman–Crippen LogP) is 17.8. The van der Waals surface area contributed by atoms with Gasteiger partial charge in [-0.2, -0.15) is 132 Å². The maximum atomic E-state index is 14.9. The first kappa shape index (κ1) is 59.1. The molecule has 33 heteroatoms. The molecular formula is C45H18F30N2O. The molecule has 0 atom stereocenters. The molecule has 4 aromatic carbocycles. The fourth-order valence-corrected chi connectivity index (χ4v) is 7.56. The number of hydrogen-bond donors (Lipinski definition) is 0. The van der Waals surface area contributed by atoms with E-state index in [0.29, 0.717) is 29.2 Å². The van der Waals surface area contributed by atoms with E-state index >= 15 is 0 Å². The largest absolute Gasteiger partial charge is 0.460 e. The zero-order valence-corrected chi connectivity index (χ0v) is 36.6. The quantitative estimate of drug-likeness (QED) is 0.0961. The summed E-state index contributed by atoms with van der Waals surface area (Å²) in [6, 6.07) is 15.7. The molecule has 0 radical (unpaired) electrons. The molecule has 0 aliphatic rings. The van der Waals surface area contributed by atoms with E-state index in [4.69, 9.17) is 4.42 Å². The summed E-state index contributed by atoms with van der Waals surface area (Å²) in [5.74, 6) is -97.0. The number of fused-ring (bicyclic) bond motifs is 5. The lowest BCUT2D eigenvalue weighted by Gasteiger charge is -2.43. The van der Waals surface area contributed by atoms with E-state index in [-0.39, 0.29) is 55.6 Å². The Balaban J connectivity index is 1.14. The molecular weight excluding hydrogens is 1150 g/mol. The van der Waals surface area contributed by atoms with Crippen LogP contribution in [0.3, 0.4) is 0 Å². The number of alkyl halides is 30. The van der Waals surface area contributed by atoms with Crippen molar-refractivity contribution in [1.82, 2.24) is 9.97 Å². The molecule has 424 valence electrons. The summed E-state index contributed by atoms with van der Waals surface area (Å²) in [4.78, 5) is 6.21. The summed E-state index contributed by atoms with van der Waals surface area (Å²) >= 11 is 0. The molecule has 0 saturated carbocycles. The van der Waals surface area contributed by atoms with Crippen molar-refractivity contribution in [1.29, 1.82) is 0 Å². The Morgan fingerprint density at radius 3 is 1.05 bits per heavy atom. The van der Waals surface area contributed by atoms with Crippen molar-refractivity contribution in [3.63, 3.8) is 0 Å². The van der Waals surface area contributed by atoms with Crippen molar-refractivity contribution in [3.8, 4) is 22.3 Å². The number of aromatic nitrogens is 2. The first-order valence-electron chi connectivity index (χ1n) is 20.4. The van der Waals surface area contributed by atoms with Gasteiger partial charge in [0.1, 0.15) is 16.9 Å². The highest BCUT2D eigenvalue weighted by Gasteiger charge is 2.97. The van der Waals surface area contributed by atoms with Gasteiger partial charge < -0.3 is 4.42 Å². The number of furan rings is 1. The summed E-state index contributed by atoms with van der Waals surface area (Å²) in [5, 5.41) is -0.496. The SMILES string of the molecule is FC(F)(F)C(F)(F)C(F)(F)C(F)(F)C(F)(F)c1cc2ccc(-c3ccc4oc5ccc(-c6ccc7cc(CC(F)(F)C(F)(F)C(F)(F)C(F)(F)C(F)(F)C(F)(F)C(F)(F)C(F)(F)C(F)(F)F)ncc7c6)cc5c4c3)cc2cn1. The molecule has 0 unspecified atom stereocenters. The summed E-state index contributed by atoms with van der Waals surface area (Å²) in [5.41, 5.74) is -2.48. The molecule has 0 spiro atoms. The third-order valence-electron chi connectivity index (χ3n) is 12.1. The van der Waals surface area contributed by atoms with E-state index in [9.17, 15) is 132 Å². The second-order valence-electron chi connectivity index (χ2n) is 17.1. The van der Waals surface area contributed by atoms with Gasteiger partial charge in [0, 0.05) is 39.6 Å². The highest BCUT2D eigenvalue weighted by Crippen LogP contribution is 2.66. The summed E-state index contributed by atoms with van der Waals surface area (Å²) in [6.07, 6.45) is -17.4.